The average molecular weight is 328 g/mol. The second-order valence-electron chi connectivity index (χ2n) is 6.31. The number of carbonyl (C=O) groups is 1. The summed E-state index contributed by atoms with van der Waals surface area (Å²) < 4.78 is 7.48. The molecule has 1 aromatic carbocycles. The largest absolute Gasteiger partial charge is 0.366 e. The highest BCUT2D eigenvalue weighted by atomic mass is 16.5. The molecule has 1 atom stereocenters. The van der Waals surface area contributed by atoms with Gasteiger partial charge in [-0.1, -0.05) is 18.2 Å². The van der Waals surface area contributed by atoms with Gasteiger partial charge in [-0.05, 0) is 38.6 Å². The number of rotatable bonds is 4. The van der Waals surface area contributed by atoms with Crippen molar-refractivity contribution >= 4 is 5.91 Å². The summed E-state index contributed by atoms with van der Waals surface area (Å²) >= 11 is 0. The van der Waals surface area contributed by atoms with Crippen LogP contribution in [0.25, 0.3) is 5.69 Å². The minimum absolute atomic E-state index is 0.0651. The van der Waals surface area contributed by atoms with Gasteiger partial charge in [0.05, 0.1) is 18.0 Å². The molecule has 0 aliphatic carbocycles. The fraction of sp³-hybridized carbons (Fsp3) is 0.444. The molecule has 24 heavy (non-hydrogen) atoms. The number of morpholine rings is 1. The standard InChI is InChI=1S/C18H24N4O2/c1-13-10-14(2)22(20-13)16-7-5-4-6-15(16)11-19-18(23)17-12-21(3)8-9-24-17/h4-7,10,17H,8-9,11-12H2,1-3H3,(H,19,23)/t17-/m1/s1. The Labute approximate surface area is 142 Å². The molecule has 0 bridgehead atoms. The van der Waals surface area contributed by atoms with Gasteiger partial charge >= 0.3 is 0 Å². The minimum Gasteiger partial charge on any atom is -0.366 e. The van der Waals surface area contributed by atoms with Gasteiger partial charge < -0.3 is 15.0 Å². The van der Waals surface area contributed by atoms with Crippen LogP contribution in [0.3, 0.4) is 0 Å². The number of likely N-dealkylation sites (N-methyl/N-ethyl adjacent to an activating group) is 1. The third-order valence-electron chi connectivity index (χ3n) is 4.24. The summed E-state index contributed by atoms with van der Waals surface area (Å²) in [7, 11) is 2.00. The van der Waals surface area contributed by atoms with E-state index in [1.54, 1.807) is 0 Å². The first-order valence-electron chi connectivity index (χ1n) is 8.24. The van der Waals surface area contributed by atoms with Crippen LogP contribution in [-0.2, 0) is 16.1 Å². The van der Waals surface area contributed by atoms with Crippen LogP contribution < -0.4 is 5.32 Å². The van der Waals surface area contributed by atoms with Crippen LogP contribution in [0.4, 0.5) is 0 Å². The lowest BCUT2D eigenvalue weighted by Gasteiger charge is -2.29. The smallest absolute Gasteiger partial charge is 0.250 e. The monoisotopic (exact) mass is 328 g/mol. The number of nitrogens with zero attached hydrogens (tertiary/aromatic N) is 3. The van der Waals surface area contributed by atoms with Crippen molar-refractivity contribution in [2.24, 2.45) is 0 Å². The Morgan fingerprint density at radius 1 is 1.38 bits per heavy atom. The van der Waals surface area contributed by atoms with Crippen molar-refractivity contribution in [3.05, 3.63) is 47.3 Å². The van der Waals surface area contributed by atoms with Crippen molar-refractivity contribution < 1.29 is 9.53 Å². The number of benzene rings is 1. The van der Waals surface area contributed by atoms with Crippen molar-refractivity contribution in [1.29, 1.82) is 0 Å². The Hall–Kier alpha value is -2.18. The molecule has 3 rings (SSSR count). The summed E-state index contributed by atoms with van der Waals surface area (Å²) in [4.78, 5) is 14.5. The zero-order valence-corrected chi connectivity index (χ0v) is 14.5. The first kappa shape index (κ1) is 16.7. The van der Waals surface area contributed by atoms with Gasteiger partial charge in [-0.3, -0.25) is 4.79 Å². The summed E-state index contributed by atoms with van der Waals surface area (Å²) in [5.41, 5.74) is 4.07. The van der Waals surface area contributed by atoms with E-state index >= 15 is 0 Å². The highest BCUT2D eigenvalue weighted by molar-refractivity contribution is 5.81. The Balaban J connectivity index is 1.72. The summed E-state index contributed by atoms with van der Waals surface area (Å²) in [6.07, 6.45) is -0.399. The zero-order valence-electron chi connectivity index (χ0n) is 14.5. The van der Waals surface area contributed by atoms with Gasteiger partial charge in [0.1, 0.15) is 6.10 Å². The van der Waals surface area contributed by atoms with Crippen LogP contribution in [0.15, 0.2) is 30.3 Å². The Morgan fingerprint density at radius 3 is 2.88 bits per heavy atom. The zero-order chi connectivity index (χ0) is 17.1. The van der Waals surface area contributed by atoms with Gasteiger partial charge in [0.2, 0.25) is 0 Å². The fourth-order valence-corrected chi connectivity index (χ4v) is 2.97. The lowest BCUT2D eigenvalue weighted by atomic mass is 10.1. The van der Waals surface area contributed by atoms with Crippen molar-refractivity contribution in [3.8, 4) is 5.69 Å². The maximum atomic E-state index is 12.4. The van der Waals surface area contributed by atoms with E-state index in [2.05, 4.69) is 15.3 Å². The van der Waals surface area contributed by atoms with E-state index in [1.807, 2.05) is 55.9 Å². The number of carbonyl (C=O) groups excluding carboxylic acids is 1. The van der Waals surface area contributed by atoms with Crippen molar-refractivity contribution in [3.63, 3.8) is 0 Å². The number of amides is 1. The van der Waals surface area contributed by atoms with E-state index in [0.29, 0.717) is 19.7 Å². The normalized spacial score (nSPS) is 18.5. The molecule has 6 heteroatoms. The summed E-state index contributed by atoms with van der Waals surface area (Å²) in [6.45, 7) is 6.55. The number of hydrogen-bond acceptors (Lipinski definition) is 4. The SMILES string of the molecule is Cc1cc(C)n(-c2ccccc2CNC(=O)[C@H]2CN(C)CCO2)n1. The van der Waals surface area contributed by atoms with Gasteiger partial charge in [0.15, 0.2) is 0 Å². The molecular formula is C18H24N4O2. The molecule has 0 radical (unpaired) electrons. The minimum atomic E-state index is -0.399. The van der Waals surface area contributed by atoms with E-state index in [4.69, 9.17) is 4.74 Å². The third-order valence-corrected chi connectivity index (χ3v) is 4.24. The maximum absolute atomic E-state index is 12.4. The molecule has 0 unspecified atom stereocenters. The fourth-order valence-electron chi connectivity index (χ4n) is 2.97. The van der Waals surface area contributed by atoms with Gasteiger partial charge in [-0.2, -0.15) is 5.10 Å². The molecule has 0 spiro atoms. The Bertz CT molecular complexity index is 726. The van der Waals surface area contributed by atoms with Crippen LogP contribution in [0.1, 0.15) is 17.0 Å². The number of aryl methyl sites for hydroxylation is 2. The molecule has 1 aromatic heterocycles. The van der Waals surface area contributed by atoms with E-state index < -0.39 is 6.10 Å². The van der Waals surface area contributed by atoms with Crippen LogP contribution in [0, 0.1) is 13.8 Å². The molecule has 1 amide bonds. The Kier molecular flexibility index (Phi) is 4.97. The number of hydrogen-bond donors (Lipinski definition) is 1. The van der Waals surface area contributed by atoms with E-state index in [9.17, 15) is 4.79 Å². The molecule has 6 nitrogen and oxygen atoms in total. The predicted molar refractivity (Wildman–Crippen MR) is 92.1 cm³/mol. The molecule has 2 aromatic rings. The lowest BCUT2D eigenvalue weighted by Crippen LogP contribution is -2.48. The van der Waals surface area contributed by atoms with Crippen LogP contribution in [-0.4, -0.2) is 53.4 Å². The molecule has 2 heterocycles. The van der Waals surface area contributed by atoms with Crippen LogP contribution >= 0.6 is 0 Å². The molecule has 0 saturated carbocycles. The highest BCUT2D eigenvalue weighted by Gasteiger charge is 2.24. The molecule has 1 aliphatic heterocycles. The lowest BCUT2D eigenvalue weighted by molar-refractivity contribution is -0.137. The van der Waals surface area contributed by atoms with Gasteiger partial charge in [-0.15, -0.1) is 0 Å². The summed E-state index contributed by atoms with van der Waals surface area (Å²) in [5.74, 6) is -0.0651. The average Bonchev–Trinajstić information content (AvgIpc) is 2.91. The van der Waals surface area contributed by atoms with Crippen LogP contribution in [0.2, 0.25) is 0 Å². The van der Waals surface area contributed by atoms with Crippen molar-refractivity contribution in [2.75, 3.05) is 26.7 Å². The topological polar surface area (TPSA) is 59.4 Å². The predicted octanol–water partition coefficient (Wildman–Crippen LogP) is 1.44. The second kappa shape index (κ2) is 7.15. The highest BCUT2D eigenvalue weighted by Crippen LogP contribution is 2.17. The number of nitrogens with one attached hydrogen (secondary N) is 1. The first-order valence-corrected chi connectivity index (χ1v) is 8.24. The van der Waals surface area contributed by atoms with Crippen molar-refractivity contribution in [2.45, 2.75) is 26.5 Å². The summed E-state index contributed by atoms with van der Waals surface area (Å²) in [6, 6.07) is 10.0. The van der Waals surface area contributed by atoms with E-state index in [1.165, 1.54) is 0 Å². The summed E-state index contributed by atoms with van der Waals surface area (Å²) in [5, 5.41) is 7.53. The number of ether oxygens (including phenoxy) is 1. The van der Waals surface area contributed by atoms with Gasteiger partial charge in [-0.25, -0.2) is 4.68 Å². The van der Waals surface area contributed by atoms with Crippen molar-refractivity contribution in [1.82, 2.24) is 20.0 Å². The Morgan fingerprint density at radius 2 is 2.17 bits per heavy atom. The maximum Gasteiger partial charge on any atom is 0.250 e. The molecule has 1 fully saturated rings. The second-order valence-corrected chi connectivity index (χ2v) is 6.31. The van der Waals surface area contributed by atoms with Gasteiger partial charge in [0, 0.05) is 25.3 Å². The quantitative estimate of drug-likeness (QED) is 0.922. The molecular weight excluding hydrogens is 304 g/mol. The number of aromatic nitrogens is 2. The molecule has 1 saturated heterocycles. The van der Waals surface area contributed by atoms with Crippen LogP contribution in [0.5, 0.6) is 0 Å². The van der Waals surface area contributed by atoms with Gasteiger partial charge in [0.25, 0.3) is 5.91 Å². The number of para-hydroxylation sites is 1. The van der Waals surface area contributed by atoms with E-state index in [-0.39, 0.29) is 5.91 Å². The first-order chi connectivity index (χ1) is 11.5. The molecule has 128 valence electrons. The molecule has 1 aliphatic rings. The van der Waals surface area contributed by atoms with E-state index in [0.717, 1.165) is 29.2 Å². The third kappa shape index (κ3) is 3.66. The molecule has 1 N–H and O–H groups in total.